The van der Waals surface area contributed by atoms with Gasteiger partial charge in [0.15, 0.2) is 10.8 Å². The van der Waals surface area contributed by atoms with Crippen LogP contribution < -0.4 is 4.90 Å². The molecule has 4 nitrogen and oxygen atoms in total. The predicted molar refractivity (Wildman–Crippen MR) is 85.4 cm³/mol. The van der Waals surface area contributed by atoms with Crippen molar-refractivity contribution in [3.05, 3.63) is 17.8 Å². The first-order valence-electron chi connectivity index (χ1n) is 7.42. The average Bonchev–Trinajstić information content (AvgIpc) is 3.14. The SMILES string of the molecule is CCCc1nc(/C(C)=C\F)c2sc(N3CCCC3)nc2n1. The molecule has 112 valence electrons. The first kappa shape index (κ1) is 14.4. The number of halogens is 1. The number of rotatable bonds is 4. The Morgan fingerprint density at radius 3 is 2.71 bits per heavy atom. The Labute approximate surface area is 127 Å². The number of hydrogen-bond acceptors (Lipinski definition) is 5. The third kappa shape index (κ3) is 2.77. The largest absolute Gasteiger partial charge is 0.348 e. The van der Waals surface area contributed by atoms with Crippen LogP contribution in [-0.4, -0.2) is 28.0 Å². The van der Waals surface area contributed by atoms with E-state index < -0.39 is 0 Å². The monoisotopic (exact) mass is 306 g/mol. The van der Waals surface area contributed by atoms with Gasteiger partial charge in [0.25, 0.3) is 0 Å². The van der Waals surface area contributed by atoms with Crippen LogP contribution in [0, 0.1) is 0 Å². The van der Waals surface area contributed by atoms with Crippen molar-refractivity contribution >= 4 is 32.4 Å². The summed E-state index contributed by atoms with van der Waals surface area (Å²) >= 11 is 1.57. The van der Waals surface area contributed by atoms with Crippen LogP contribution in [-0.2, 0) is 6.42 Å². The van der Waals surface area contributed by atoms with Crippen LogP contribution in [0.1, 0.15) is 44.6 Å². The Kier molecular flexibility index (Phi) is 4.14. The minimum atomic E-state index is 0.538. The van der Waals surface area contributed by atoms with Crippen LogP contribution >= 0.6 is 11.3 Å². The third-order valence-electron chi connectivity index (χ3n) is 3.68. The normalized spacial score (nSPS) is 16.1. The molecule has 3 rings (SSSR count). The zero-order valence-electron chi connectivity index (χ0n) is 12.4. The molecule has 21 heavy (non-hydrogen) atoms. The van der Waals surface area contributed by atoms with Crippen molar-refractivity contribution in [2.75, 3.05) is 18.0 Å². The van der Waals surface area contributed by atoms with Crippen LogP contribution in [0.15, 0.2) is 6.33 Å². The number of fused-ring (bicyclic) bond motifs is 1. The molecule has 1 saturated heterocycles. The molecular formula is C15H19FN4S. The third-order valence-corrected chi connectivity index (χ3v) is 4.79. The molecule has 6 heteroatoms. The molecule has 3 heterocycles. The van der Waals surface area contributed by atoms with E-state index in [0.29, 0.717) is 23.2 Å². The number of nitrogens with zero attached hydrogens (tertiary/aromatic N) is 4. The number of aryl methyl sites for hydroxylation is 1. The Balaban J connectivity index is 2.12. The van der Waals surface area contributed by atoms with Crippen molar-refractivity contribution in [1.82, 2.24) is 15.0 Å². The summed E-state index contributed by atoms with van der Waals surface area (Å²) in [6.07, 6.45) is 4.79. The standard InChI is InChI=1S/C15H19FN4S/c1-3-6-11-17-12(10(2)9-16)13-14(18-11)19-15(21-13)20-7-4-5-8-20/h9H,3-8H2,1-2H3/b10-9-. The molecule has 0 atom stereocenters. The van der Waals surface area contributed by atoms with Gasteiger partial charge in [-0.15, -0.1) is 0 Å². The minimum absolute atomic E-state index is 0.538. The average molecular weight is 306 g/mol. The Morgan fingerprint density at radius 2 is 2.05 bits per heavy atom. The number of hydrogen-bond donors (Lipinski definition) is 0. The van der Waals surface area contributed by atoms with Crippen LogP contribution in [0.3, 0.4) is 0 Å². The summed E-state index contributed by atoms with van der Waals surface area (Å²) in [5, 5.41) is 0.985. The second-order valence-electron chi connectivity index (χ2n) is 5.37. The molecule has 0 amide bonds. The summed E-state index contributed by atoms with van der Waals surface area (Å²) in [5.41, 5.74) is 1.93. The number of aromatic nitrogens is 3. The number of anilines is 1. The molecule has 0 aliphatic carbocycles. The van der Waals surface area contributed by atoms with E-state index >= 15 is 0 Å². The second-order valence-corrected chi connectivity index (χ2v) is 6.35. The fourth-order valence-corrected chi connectivity index (χ4v) is 3.67. The summed E-state index contributed by atoms with van der Waals surface area (Å²) in [6, 6.07) is 0. The molecule has 0 radical (unpaired) electrons. The van der Waals surface area contributed by atoms with Crippen molar-refractivity contribution in [3.63, 3.8) is 0 Å². The lowest BCUT2D eigenvalue weighted by Crippen LogP contribution is -2.16. The summed E-state index contributed by atoms with van der Waals surface area (Å²) in [6.45, 7) is 5.92. The predicted octanol–water partition coefficient (Wildman–Crippen LogP) is 3.97. The first-order chi connectivity index (χ1) is 10.2. The topological polar surface area (TPSA) is 41.9 Å². The highest BCUT2D eigenvalue weighted by molar-refractivity contribution is 7.22. The molecule has 2 aromatic heterocycles. The smallest absolute Gasteiger partial charge is 0.188 e. The quantitative estimate of drug-likeness (QED) is 0.857. The van der Waals surface area contributed by atoms with Crippen molar-refractivity contribution in [2.45, 2.75) is 39.5 Å². The van der Waals surface area contributed by atoms with Gasteiger partial charge in [-0.2, -0.15) is 4.98 Å². The minimum Gasteiger partial charge on any atom is -0.348 e. The van der Waals surface area contributed by atoms with E-state index in [9.17, 15) is 4.39 Å². The van der Waals surface area contributed by atoms with Gasteiger partial charge >= 0.3 is 0 Å². The van der Waals surface area contributed by atoms with Crippen molar-refractivity contribution < 1.29 is 4.39 Å². The molecule has 1 aliphatic heterocycles. The molecule has 0 aromatic carbocycles. The van der Waals surface area contributed by atoms with E-state index in [1.54, 1.807) is 18.3 Å². The van der Waals surface area contributed by atoms with E-state index in [4.69, 9.17) is 0 Å². The molecule has 0 bridgehead atoms. The molecule has 0 saturated carbocycles. The fourth-order valence-electron chi connectivity index (χ4n) is 2.56. The lowest BCUT2D eigenvalue weighted by atomic mass is 10.2. The zero-order valence-corrected chi connectivity index (χ0v) is 13.2. The van der Waals surface area contributed by atoms with Crippen LogP contribution in [0.4, 0.5) is 9.52 Å². The maximum Gasteiger partial charge on any atom is 0.188 e. The van der Waals surface area contributed by atoms with Gasteiger partial charge in [0.2, 0.25) is 0 Å². The highest BCUT2D eigenvalue weighted by Crippen LogP contribution is 2.34. The lowest BCUT2D eigenvalue weighted by Gasteiger charge is -2.11. The molecule has 2 aromatic rings. The second kappa shape index (κ2) is 6.05. The van der Waals surface area contributed by atoms with E-state index in [2.05, 4.69) is 26.8 Å². The van der Waals surface area contributed by atoms with E-state index in [-0.39, 0.29) is 0 Å². The van der Waals surface area contributed by atoms with Crippen molar-refractivity contribution in [2.24, 2.45) is 0 Å². The van der Waals surface area contributed by atoms with Gasteiger partial charge in [-0.1, -0.05) is 18.3 Å². The summed E-state index contributed by atoms with van der Waals surface area (Å²) < 4.78 is 13.9. The zero-order chi connectivity index (χ0) is 14.8. The van der Waals surface area contributed by atoms with Gasteiger partial charge in [-0.3, -0.25) is 0 Å². The van der Waals surface area contributed by atoms with Crippen molar-refractivity contribution in [1.29, 1.82) is 0 Å². The van der Waals surface area contributed by atoms with Crippen LogP contribution in [0.2, 0.25) is 0 Å². The number of allylic oxidation sites excluding steroid dienone is 1. The Morgan fingerprint density at radius 1 is 1.29 bits per heavy atom. The molecule has 0 spiro atoms. The highest BCUT2D eigenvalue weighted by atomic mass is 32.1. The summed E-state index contributed by atoms with van der Waals surface area (Å²) in [5.74, 6) is 0.750. The van der Waals surface area contributed by atoms with Gasteiger partial charge in [0.05, 0.1) is 12.0 Å². The molecule has 0 unspecified atom stereocenters. The van der Waals surface area contributed by atoms with E-state index in [0.717, 1.165) is 41.6 Å². The van der Waals surface area contributed by atoms with Crippen LogP contribution in [0.25, 0.3) is 15.9 Å². The molecule has 1 aliphatic rings. The van der Waals surface area contributed by atoms with Gasteiger partial charge in [0, 0.05) is 25.1 Å². The number of thiazole rings is 1. The molecule has 0 N–H and O–H groups in total. The Hall–Kier alpha value is -1.56. The van der Waals surface area contributed by atoms with Gasteiger partial charge in [-0.25, -0.2) is 14.4 Å². The van der Waals surface area contributed by atoms with Gasteiger partial charge in [0.1, 0.15) is 10.5 Å². The van der Waals surface area contributed by atoms with E-state index in [1.807, 2.05) is 0 Å². The van der Waals surface area contributed by atoms with Crippen LogP contribution in [0.5, 0.6) is 0 Å². The fraction of sp³-hybridized carbons (Fsp3) is 0.533. The first-order valence-corrected chi connectivity index (χ1v) is 8.24. The maximum absolute atomic E-state index is 13.0. The summed E-state index contributed by atoms with van der Waals surface area (Å²) in [4.78, 5) is 16.0. The Bertz CT molecular complexity index is 674. The van der Waals surface area contributed by atoms with Gasteiger partial charge in [-0.05, 0) is 26.2 Å². The molecule has 1 fully saturated rings. The maximum atomic E-state index is 13.0. The molecular weight excluding hydrogens is 287 g/mol. The highest BCUT2D eigenvalue weighted by Gasteiger charge is 2.20. The summed E-state index contributed by atoms with van der Waals surface area (Å²) in [7, 11) is 0. The lowest BCUT2D eigenvalue weighted by molar-refractivity contribution is 0.722. The van der Waals surface area contributed by atoms with Gasteiger partial charge < -0.3 is 4.90 Å². The van der Waals surface area contributed by atoms with E-state index in [1.165, 1.54) is 12.8 Å². The van der Waals surface area contributed by atoms with Crippen molar-refractivity contribution in [3.8, 4) is 0 Å².